The van der Waals surface area contributed by atoms with Gasteiger partial charge in [-0.1, -0.05) is 92.7 Å². The van der Waals surface area contributed by atoms with Crippen LogP contribution < -0.4 is 0 Å². The van der Waals surface area contributed by atoms with Gasteiger partial charge in [0.2, 0.25) is 0 Å². The van der Waals surface area contributed by atoms with Gasteiger partial charge in [0, 0.05) is 33.2 Å². The zero-order valence-electron chi connectivity index (χ0n) is 31.9. The van der Waals surface area contributed by atoms with Crippen LogP contribution in [0.25, 0.3) is 72.8 Å². The van der Waals surface area contributed by atoms with Crippen molar-refractivity contribution in [1.82, 2.24) is 19.5 Å². The Balaban J connectivity index is 1.00. The fourth-order valence-corrected chi connectivity index (χ4v) is 10.3. The Kier molecular flexibility index (Phi) is 8.37. The van der Waals surface area contributed by atoms with Crippen LogP contribution in [-0.2, 0) is 5.41 Å². The molecule has 2 fully saturated rings. The molecule has 8 aromatic rings. The van der Waals surface area contributed by atoms with Gasteiger partial charge in [-0.05, 0) is 139 Å². The monoisotopic (exact) mass is 725 g/mol. The number of aromatic nitrogens is 4. The summed E-state index contributed by atoms with van der Waals surface area (Å²) in [6, 6.07) is 53.3. The average molecular weight is 726 g/mol. The van der Waals surface area contributed by atoms with Crippen molar-refractivity contribution in [2.45, 2.75) is 51.4 Å². The topological polar surface area (TPSA) is 67.4 Å². The molecule has 0 aliphatic heterocycles. The predicted octanol–water partition coefficient (Wildman–Crippen LogP) is 12.6. The van der Waals surface area contributed by atoms with E-state index in [-0.39, 0.29) is 0 Å². The van der Waals surface area contributed by atoms with Gasteiger partial charge in [-0.15, -0.1) is 0 Å². The smallest absolute Gasteiger partial charge is 0.164 e. The molecule has 5 nitrogen and oxygen atoms in total. The highest BCUT2D eigenvalue weighted by molar-refractivity contribution is 6.10. The number of para-hydroxylation sites is 1. The van der Waals surface area contributed by atoms with Crippen LogP contribution in [0.3, 0.4) is 0 Å². The first-order chi connectivity index (χ1) is 27.4. The van der Waals surface area contributed by atoms with Gasteiger partial charge in [0.1, 0.15) is 0 Å². The second-order valence-corrected chi connectivity index (χ2v) is 16.5. The van der Waals surface area contributed by atoms with Gasteiger partial charge in [0.25, 0.3) is 0 Å². The van der Waals surface area contributed by atoms with Crippen LogP contribution in [0.5, 0.6) is 0 Å². The molecule has 2 heterocycles. The van der Waals surface area contributed by atoms with Crippen LogP contribution in [0.15, 0.2) is 146 Å². The molecule has 10 rings (SSSR count). The zero-order valence-corrected chi connectivity index (χ0v) is 31.9. The molecular weight excluding hydrogens is 683 g/mol. The van der Waals surface area contributed by atoms with E-state index < -0.39 is 0 Å². The van der Waals surface area contributed by atoms with Gasteiger partial charge in [0.05, 0.1) is 22.7 Å². The lowest BCUT2D eigenvalue weighted by atomic mass is 9.54. The molecule has 1 unspecified atom stereocenters. The molecule has 2 aliphatic carbocycles. The lowest BCUT2D eigenvalue weighted by Gasteiger charge is -2.50. The molecule has 0 spiro atoms. The lowest BCUT2D eigenvalue weighted by molar-refractivity contribution is 0.0780. The van der Waals surface area contributed by atoms with E-state index in [0.29, 0.717) is 28.5 Å². The fourth-order valence-electron chi connectivity index (χ4n) is 10.3. The van der Waals surface area contributed by atoms with E-state index in [0.717, 1.165) is 40.1 Å². The number of nitriles is 1. The van der Waals surface area contributed by atoms with Gasteiger partial charge in [-0.2, -0.15) is 5.26 Å². The number of rotatable bonds is 6. The molecule has 56 heavy (non-hydrogen) atoms. The molecule has 0 saturated heterocycles. The number of fused-ring (bicyclic) bond motifs is 5. The molecule has 4 atom stereocenters. The van der Waals surface area contributed by atoms with Gasteiger partial charge < -0.3 is 4.57 Å². The van der Waals surface area contributed by atoms with Crippen molar-refractivity contribution < 1.29 is 0 Å². The van der Waals surface area contributed by atoms with Crippen LogP contribution in [0.4, 0.5) is 0 Å². The first-order valence-corrected chi connectivity index (χ1v) is 20.0. The highest BCUT2D eigenvalue weighted by Gasteiger charge is 2.45. The minimum absolute atomic E-state index is 0.340. The molecule has 272 valence electrons. The highest BCUT2D eigenvalue weighted by atomic mass is 15.0. The number of nitrogens with zero attached hydrogens (tertiary/aromatic N) is 5. The van der Waals surface area contributed by atoms with Crippen molar-refractivity contribution in [3.05, 3.63) is 157 Å². The van der Waals surface area contributed by atoms with E-state index in [1.807, 2.05) is 42.5 Å². The third-order valence-electron chi connectivity index (χ3n) is 12.5. The number of hydrogen-bond acceptors (Lipinski definition) is 4. The van der Waals surface area contributed by atoms with Crippen LogP contribution in [0.1, 0.15) is 57.1 Å². The van der Waals surface area contributed by atoms with E-state index in [4.69, 9.17) is 15.0 Å². The summed E-state index contributed by atoms with van der Waals surface area (Å²) in [5, 5.41) is 11.8. The molecule has 6 aromatic carbocycles. The molecule has 2 bridgehead atoms. The third kappa shape index (κ3) is 6.07. The molecular formula is C51H43N5. The molecule has 2 saturated carbocycles. The van der Waals surface area contributed by atoms with E-state index in [9.17, 15) is 5.26 Å². The van der Waals surface area contributed by atoms with Crippen molar-refractivity contribution in [3.63, 3.8) is 0 Å². The molecule has 0 N–H and O–H groups in total. The normalized spacial score (nSPS) is 20.6. The van der Waals surface area contributed by atoms with Gasteiger partial charge >= 0.3 is 0 Å². The van der Waals surface area contributed by atoms with Crippen LogP contribution in [0.2, 0.25) is 0 Å². The van der Waals surface area contributed by atoms with Gasteiger partial charge in [-0.3, -0.25) is 0 Å². The average Bonchev–Trinajstić information content (AvgIpc) is 3.57. The summed E-state index contributed by atoms with van der Waals surface area (Å²) in [6.45, 7) is 4.94. The first kappa shape index (κ1) is 34.1. The number of hydrogen-bond donors (Lipinski definition) is 0. The van der Waals surface area contributed by atoms with Crippen molar-refractivity contribution in [3.8, 4) is 57.0 Å². The fraction of sp³-hybridized carbons (Fsp3) is 0.216. The molecule has 0 radical (unpaired) electrons. The number of benzene rings is 6. The van der Waals surface area contributed by atoms with Crippen molar-refractivity contribution >= 4 is 21.8 Å². The summed E-state index contributed by atoms with van der Waals surface area (Å²) in [4.78, 5) is 14.7. The van der Waals surface area contributed by atoms with Gasteiger partial charge in [-0.25, -0.2) is 15.0 Å². The third-order valence-corrected chi connectivity index (χ3v) is 12.5. The van der Waals surface area contributed by atoms with E-state index in [1.165, 1.54) is 65.0 Å². The van der Waals surface area contributed by atoms with Crippen molar-refractivity contribution in [2.75, 3.05) is 0 Å². The second kappa shape index (κ2) is 13.7. The summed E-state index contributed by atoms with van der Waals surface area (Å²) in [5.74, 6) is 4.26. The van der Waals surface area contributed by atoms with E-state index in [2.05, 4.69) is 115 Å². The predicted molar refractivity (Wildman–Crippen MR) is 227 cm³/mol. The van der Waals surface area contributed by atoms with Gasteiger partial charge in [0.15, 0.2) is 17.5 Å². The van der Waals surface area contributed by atoms with Crippen LogP contribution in [0, 0.1) is 29.1 Å². The summed E-state index contributed by atoms with van der Waals surface area (Å²) < 4.78 is 2.36. The Morgan fingerprint density at radius 2 is 1.07 bits per heavy atom. The summed E-state index contributed by atoms with van der Waals surface area (Å²) in [7, 11) is 0. The Morgan fingerprint density at radius 1 is 0.536 bits per heavy atom. The summed E-state index contributed by atoms with van der Waals surface area (Å²) in [6.07, 6.45) is 6.81. The maximum atomic E-state index is 9.34. The second-order valence-electron chi connectivity index (χ2n) is 16.5. The molecule has 2 aliphatic rings. The summed E-state index contributed by atoms with van der Waals surface area (Å²) >= 11 is 0. The lowest BCUT2D eigenvalue weighted by Crippen LogP contribution is -2.42. The zero-order chi connectivity index (χ0) is 37.8. The van der Waals surface area contributed by atoms with E-state index >= 15 is 0 Å². The van der Waals surface area contributed by atoms with Crippen molar-refractivity contribution in [1.29, 1.82) is 5.26 Å². The summed E-state index contributed by atoms with van der Waals surface area (Å²) in [5.41, 5.74) is 11.1. The standard InChI is InChI=1S/C51H43N5/c1-33-26-36-27-34(2)30-51(29-33,31-36)42-21-16-37(17-22-42)41-20-25-47-45(28-41)44-10-6-7-11-46(44)56(47)43-23-18-40(19-24-43)50-54-48(38-8-4-3-5-9-38)53-49(55-50)39-14-12-35(32-52)13-15-39/h3-25,28,33-34,36H,26-27,29-31H2,1-2H3/t33-,34+,36-,51?. The maximum Gasteiger partial charge on any atom is 0.164 e. The highest BCUT2D eigenvalue weighted by Crippen LogP contribution is 2.54. The maximum absolute atomic E-state index is 9.34. The Hall–Kier alpha value is -6.38. The quantitative estimate of drug-likeness (QED) is 0.171. The van der Waals surface area contributed by atoms with E-state index in [1.54, 1.807) is 17.7 Å². The minimum atomic E-state index is 0.340. The SMILES string of the molecule is C[C@@H]1C[C@@H]2C[C@H](C)CC(c3ccc(-c4ccc5c(c4)c4ccccc4n5-c4ccc(-c5nc(-c6ccccc6)nc(-c6ccc(C#N)cc6)n5)cc4)cc3)(C1)C2. The van der Waals surface area contributed by atoms with Crippen LogP contribution in [-0.4, -0.2) is 19.5 Å². The Bertz CT molecular complexity index is 2740. The molecule has 5 heteroatoms. The van der Waals surface area contributed by atoms with Crippen LogP contribution >= 0.6 is 0 Å². The Morgan fingerprint density at radius 3 is 1.71 bits per heavy atom. The largest absolute Gasteiger partial charge is 0.309 e. The minimum Gasteiger partial charge on any atom is -0.309 e. The molecule has 2 aromatic heterocycles. The first-order valence-electron chi connectivity index (χ1n) is 20.0. The Labute approximate surface area is 328 Å². The van der Waals surface area contributed by atoms with Crippen molar-refractivity contribution in [2.24, 2.45) is 17.8 Å². The molecule has 0 amide bonds.